The van der Waals surface area contributed by atoms with E-state index < -0.39 is 18.3 Å². The molecule has 3 rings (SSSR count). The number of hydrogen-bond acceptors (Lipinski definition) is 5. The quantitative estimate of drug-likeness (QED) is 0.865. The molecule has 0 aliphatic carbocycles. The van der Waals surface area contributed by atoms with Gasteiger partial charge >= 0.3 is 7.12 Å². The number of methoxy groups -OCH3 is 1. The first-order valence-corrected chi connectivity index (χ1v) is 8.12. The second kappa shape index (κ2) is 6.24. The van der Waals surface area contributed by atoms with Gasteiger partial charge in [-0.25, -0.2) is 0 Å². The van der Waals surface area contributed by atoms with Crippen LogP contribution in [-0.2, 0) is 9.31 Å². The Bertz CT molecular complexity index is 754. The maximum atomic E-state index is 12.1. The Morgan fingerprint density at radius 2 is 1.80 bits per heavy atom. The van der Waals surface area contributed by atoms with Crippen molar-refractivity contribution in [1.29, 1.82) is 0 Å². The molecular weight excluding hydrogens is 321 g/mol. The second-order valence-corrected chi connectivity index (χ2v) is 6.98. The first-order chi connectivity index (χ1) is 11.7. The van der Waals surface area contributed by atoms with E-state index in [1.165, 1.54) is 6.26 Å². The van der Waals surface area contributed by atoms with E-state index >= 15 is 0 Å². The van der Waals surface area contributed by atoms with Crippen LogP contribution in [0, 0.1) is 0 Å². The molecule has 1 aliphatic rings. The van der Waals surface area contributed by atoms with Crippen LogP contribution in [0.5, 0.6) is 5.75 Å². The first-order valence-electron chi connectivity index (χ1n) is 8.12. The van der Waals surface area contributed by atoms with E-state index in [1.54, 1.807) is 31.4 Å². The molecule has 0 bridgehead atoms. The van der Waals surface area contributed by atoms with Gasteiger partial charge in [0.1, 0.15) is 5.75 Å². The topological polar surface area (TPSA) is 69.9 Å². The van der Waals surface area contributed by atoms with E-state index in [-0.39, 0.29) is 11.7 Å². The lowest BCUT2D eigenvalue weighted by Gasteiger charge is -2.32. The zero-order valence-electron chi connectivity index (χ0n) is 15.1. The second-order valence-electron chi connectivity index (χ2n) is 6.98. The zero-order chi connectivity index (χ0) is 18.2. The van der Waals surface area contributed by atoms with E-state index in [4.69, 9.17) is 18.5 Å². The van der Waals surface area contributed by atoms with Crippen LogP contribution in [0.3, 0.4) is 0 Å². The Labute approximate surface area is 147 Å². The maximum absolute atomic E-state index is 12.1. The number of amides is 1. The van der Waals surface area contributed by atoms with Gasteiger partial charge in [-0.1, -0.05) is 6.07 Å². The molecule has 1 fully saturated rings. The van der Waals surface area contributed by atoms with Gasteiger partial charge < -0.3 is 23.8 Å². The number of nitrogens with one attached hydrogen (secondary N) is 1. The van der Waals surface area contributed by atoms with Gasteiger partial charge in [0.05, 0.1) is 30.3 Å². The molecule has 6 nitrogen and oxygen atoms in total. The predicted molar refractivity (Wildman–Crippen MR) is 95.4 cm³/mol. The van der Waals surface area contributed by atoms with Crippen molar-refractivity contribution in [3.63, 3.8) is 0 Å². The van der Waals surface area contributed by atoms with Crippen LogP contribution in [0.4, 0.5) is 5.69 Å². The van der Waals surface area contributed by atoms with Crippen LogP contribution in [0.2, 0.25) is 0 Å². The third kappa shape index (κ3) is 3.30. The van der Waals surface area contributed by atoms with E-state index in [9.17, 15) is 4.79 Å². The summed E-state index contributed by atoms with van der Waals surface area (Å²) in [5.74, 6) is 0.413. The van der Waals surface area contributed by atoms with Crippen molar-refractivity contribution < 1.29 is 23.3 Å². The van der Waals surface area contributed by atoms with Crippen LogP contribution in [0.15, 0.2) is 41.0 Å². The van der Waals surface area contributed by atoms with Crippen molar-refractivity contribution in [2.45, 2.75) is 38.9 Å². The fraction of sp³-hybridized carbons (Fsp3) is 0.389. The van der Waals surface area contributed by atoms with Gasteiger partial charge in [0.25, 0.3) is 5.91 Å². The highest BCUT2D eigenvalue weighted by Gasteiger charge is 2.51. The van der Waals surface area contributed by atoms with E-state index in [2.05, 4.69) is 5.32 Å². The summed E-state index contributed by atoms with van der Waals surface area (Å²) in [7, 11) is 1.06. The highest BCUT2D eigenvalue weighted by atomic mass is 16.7. The fourth-order valence-electron chi connectivity index (χ4n) is 2.53. The molecule has 7 heteroatoms. The summed E-state index contributed by atoms with van der Waals surface area (Å²) in [5, 5.41) is 2.77. The van der Waals surface area contributed by atoms with Crippen LogP contribution in [0.1, 0.15) is 38.2 Å². The van der Waals surface area contributed by atoms with E-state index in [0.29, 0.717) is 11.4 Å². The predicted octanol–water partition coefficient (Wildman–Crippen LogP) is 2.84. The molecular formula is C18H22BNO5. The lowest BCUT2D eigenvalue weighted by atomic mass is 9.79. The number of hydrogen-bond donors (Lipinski definition) is 1. The molecule has 0 radical (unpaired) electrons. The number of furan rings is 1. The Kier molecular flexibility index (Phi) is 4.39. The molecule has 2 aromatic rings. The Hall–Kier alpha value is -2.25. The van der Waals surface area contributed by atoms with Crippen LogP contribution >= 0.6 is 0 Å². The van der Waals surface area contributed by atoms with Gasteiger partial charge in [0.15, 0.2) is 5.76 Å². The van der Waals surface area contributed by atoms with Crippen LogP contribution in [0.25, 0.3) is 0 Å². The molecule has 0 unspecified atom stereocenters. The average molecular weight is 343 g/mol. The molecule has 0 saturated carbocycles. The largest absolute Gasteiger partial charge is 0.495 e. The van der Waals surface area contributed by atoms with Gasteiger partial charge in [0, 0.05) is 0 Å². The Balaban J connectivity index is 1.82. The Morgan fingerprint density at radius 1 is 1.12 bits per heavy atom. The summed E-state index contributed by atoms with van der Waals surface area (Å²) in [5.41, 5.74) is 0.532. The molecule has 1 aromatic carbocycles. The molecule has 1 N–H and O–H groups in total. The summed E-state index contributed by atoms with van der Waals surface area (Å²) in [6, 6.07) is 8.68. The zero-order valence-corrected chi connectivity index (χ0v) is 15.1. The van der Waals surface area contributed by atoms with Crippen LogP contribution < -0.4 is 15.5 Å². The molecule has 132 valence electrons. The number of rotatable bonds is 4. The molecule has 2 heterocycles. The van der Waals surface area contributed by atoms with Gasteiger partial charge in [-0.15, -0.1) is 0 Å². The number of anilines is 1. The van der Waals surface area contributed by atoms with Gasteiger partial charge in [-0.3, -0.25) is 4.79 Å². The van der Waals surface area contributed by atoms with Crippen molar-refractivity contribution >= 4 is 24.2 Å². The van der Waals surface area contributed by atoms with Gasteiger partial charge in [-0.05, 0) is 57.4 Å². The molecule has 0 spiro atoms. The standard InChI is InChI=1S/C18H22BNO5/c1-17(2)18(3,4)25-19(24-17)12-8-9-13(15(11-12)22-5)20-16(21)14-7-6-10-23-14/h6-11H,1-5H3,(H,20,21). The summed E-state index contributed by atoms with van der Waals surface area (Å²) in [6.45, 7) is 8.01. The van der Waals surface area contributed by atoms with Crippen molar-refractivity contribution in [1.82, 2.24) is 0 Å². The molecule has 1 amide bonds. The first kappa shape index (κ1) is 17.6. The minimum Gasteiger partial charge on any atom is -0.495 e. The Morgan fingerprint density at radius 3 is 2.36 bits per heavy atom. The monoisotopic (exact) mass is 343 g/mol. The third-order valence-corrected chi connectivity index (χ3v) is 4.74. The lowest BCUT2D eigenvalue weighted by Crippen LogP contribution is -2.41. The summed E-state index contributed by atoms with van der Waals surface area (Å²) in [6.07, 6.45) is 1.45. The normalized spacial score (nSPS) is 18.2. The molecule has 25 heavy (non-hydrogen) atoms. The van der Waals surface area contributed by atoms with E-state index in [1.807, 2.05) is 33.8 Å². The van der Waals surface area contributed by atoms with Crippen molar-refractivity contribution in [3.8, 4) is 5.75 Å². The molecule has 1 saturated heterocycles. The minimum atomic E-state index is -0.492. The highest BCUT2D eigenvalue weighted by Crippen LogP contribution is 2.37. The smallest absolute Gasteiger partial charge is 0.494 e. The SMILES string of the molecule is COc1cc(B2OC(C)(C)C(C)(C)O2)ccc1NC(=O)c1ccco1. The molecule has 1 aliphatic heterocycles. The minimum absolute atomic E-state index is 0.233. The van der Waals surface area contributed by atoms with Gasteiger partial charge in [-0.2, -0.15) is 0 Å². The van der Waals surface area contributed by atoms with Crippen molar-refractivity contribution in [2.24, 2.45) is 0 Å². The number of benzene rings is 1. The summed E-state index contributed by atoms with van der Waals surface area (Å²) >= 11 is 0. The number of carbonyl (C=O) groups is 1. The fourth-order valence-corrected chi connectivity index (χ4v) is 2.53. The summed E-state index contributed by atoms with van der Waals surface area (Å²) in [4.78, 5) is 12.1. The molecule has 0 atom stereocenters. The number of ether oxygens (including phenoxy) is 1. The van der Waals surface area contributed by atoms with Crippen LogP contribution in [-0.4, -0.2) is 31.3 Å². The van der Waals surface area contributed by atoms with Crippen molar-refractivity contribution in [3.05, 3.63) is 42.4 Å². The third-order valence-electron chi connectivity index (χ3n) is 4.74. The van der Waals surface area contributed by atoms with E-state index in [0.717, 1.165) is 5.46 Å². The highest BCUT2D eigenvalue weighted by molar-refractivity contribution is 6.62. The number of carbonyl (C=O) groups excluding carboxylic acids is 1. The summed E-state index contributed by atoms with van der Waals surface area (Å²) < 4.78 is 22.6. The van der Waals surface area contributed by atoms with Gasteiger partial charge in [0.2, 0.25) is 0 Å². The van der Waals surface area contributed by atoms with Crippen molar-refractivity contribution in [2.75, 3.05) is 12.4 Å². The lowest BCUT2D eigenvalue weighted by molar-refractivity contribution is 0.00578. The maximum Gasteiger partial charge on any atom is 0.494 e. The average Bonchev–Trinajstić information content (AvgIpc) is 3.14. The molecule has 1 aromatic heterocycles.